The molecule has 2 aromatic rings. The van der Waals surface area contributed by atoms with Crippen LogP contribution in [0.15, 0.2) is 59.6 Å². The Labute approximate surface area is 123 Å². The van der Waals surface area contributed by atoms with E-state index in [9.17, 15) is 4.79 Å². The van der Waals surface area contributed by atoms with E-state index in [1.807, 2.05) is 42.5 Å². The summed E-state index contributed by atoms with van der Waals surface area (Å²) in [6.45, 7) is 1.33. The third-order valence-corrected chi connectivity index (χ3v) is 2.93. The molecule has 0 aliphatic carbocycles. The molecule has 108 valence electrons. The number of rotatable bonds is 6. The average molecular weight is 283 g/mol. The first-order valence-corrected chi connectivity index (χ1v) is 6.77. The second kappa shape index (κ2) is 7.36. The monoisotopic (exact) mass is 283 g/mol. The smallest absolute Gasteiger partial charge is 0.181 e. The normalized spacial score (nSPS) is 11.2. The summed E-state index contributed by atoms with van der Waals surface area (Å²) in [5.74, 6) is 1.09. The standard InChI is InChI=1S/C17H17NO3/c1-2-15(20)17(18-12-19)14-10-6-7-11-16(14)21-13-8-4-3-5-9-13/h3-11,19H,2,12H2,1H3. The van der Waals surface area contributed by atoms with Crippen molar-refractivity contribution in [2.45, 2.75) is 13.3 Å². The number of hydrogen-bond acceptors (Lipinski definition) is 4. The number of hydrogen-bond donors (Lipinski definition) is 1. The van der Waals surface area contributed by atoms with E-state index in [-0.39, 0.29) is 11.5 Å². The van der Waals surface area contributed by atoms with Gasteiger partial charge < -0.3 is 9.84 Å². The van der Waals surface area contributed by atoms with Crippen molar-refractivity contribution >= 4 is 11.5 Å². The molecule has 0 bridgehead atoms. The predicted octanol–water partition coefficient (Wildman–Crippen LogP) is 3.20. The van der Waals surface area contributed by atoms with Crippen LogP contribution in [0.3, 0.4) is 0 Å². The first-order valence-electron chi connectivity index (χ1n) is 6.77. The van der Waals surface area contributed by atoms with Crippen molar-refractivity contribution in [1.29, 1.82) is 0 Å². The third-order valence-electron chi connectivity index (χ3n) is 2.93. The van der Waals surface area contributed by atoms with Crippen LogP contribution in [0.5, 0.6) is 11.5 Å². The number of ketones is 1. The van der Waals surface area contributed by atoms with Gasteiger partial charge in [0.1, 0.15) is 23.9 Å². The van der Waals surface area contributed by atoms with Gasteiger partial charge in [-0.15, -0.1) is 0 Å². The Morgan fingerprint density at radius 2 is 1.76 bits per heavy atom. The molecule has 0 fully saturated rings. The molecule has 2 rings (SSSR count). The number of nitrogens with zero attached hydrogens (tertiary/aromatic N) is 1. The Morgan fingerprint density at radius 1 is 1.10 bits per heavy atom. The Morgan fingerprint density at radius 3 is 2.43 bits per heavy atom. The van der Waals surface area contributed by atoms with E-state index in [4.69, 9.17) is 9.84 Å². The van der Waals surface area contributed by atoms with Gasteiger partial charge in [-0.1, -0.05) is 37.3 Å². The first-order chi connectivity index (χ1) is 10.3. The molecule has 0 unspecified atom stereocenters. The van der Waals surface area contributed by atoms with Crippen molar-refractivity contribution in [2.75, 3.05) is 6.73 Å². The maximum Gasteiger partial charge on any atom is 0.181 e. The fourth-order valence-corrected chi connectivity index (χ4v) is 1.93. The van der Waals surface area contributed by atoms with Gasteiger partial charge in [-0.2, -0.15) is 0 Å². The maximum atomic E-state index is 12.0. The molecular weight excluding hydrogens is 266 g/mol. The summed E-state index contributed by atoms with van der Waals surface area (Å²) in [6, 6.07) is 16.5. The number of carbonyl (C=O) groups excluding carboxylic acids is 1. The zero-order valence-corrected chi connectivity index (χ0v) is 11.8. The first kappa shape index (κ1) is 14.9. The molecule has 0 saturated heterocycles. The summed E-state index contributed by atoms with van der Waals surface area (Å²) in [6.07, 6.45) is 0.318. The number of para-hydroxylation sites is 2. The van der Waals surface area contributed by atoms with Gasteiger partial charge in [0.2, 0.25) is 0 Å². The summed E-state index contributed by atoms with van der Waals surface area (Å²) in [7, 11) is 0. The second-order valence-corrected chi connectivity index (χ2v) is 4.34. The number of carbonyl (C=O) groups is 1. The van der Waals surface area contributed by atoms with Gasteiger partial charge in [-0.3, -0.25) is 9.79 Å². The minimum absolute atomic E-state index is 0.131. The lowest BCUT2D eigenvalue weighted by atomic mass is 10.0. The van der Waals surface area contributed by atoms with Crippen molar-refractivity contribution in [3.63, 3.8) is 0 Å². The quantitative estimate of drug-likeness (QED) is 0.828. The van der Waals surface area contributed by atoms with Crippen LogP contribution in [0, 0.1) is 0 Å². The van der Waals surface area contributed by atoms with Crippen molar-refractivity contribution in [1.82, 2.24) is 0 Å². The Kier molecular flexibility index (Phi) is 5.23. The van der Waals surface area contributed by atoms with Crippen molar-refractivity contribution in [3.05, 3.63) is 60.2 Å². The fourth-order valence-electron chi connectivity index (χ4n) is 1.93. The van der Waals surface area contributed by atoms with Gasteiger partial charge >= 0.3 is 0 Å². The van der Waals surface area contributed by atoms with Gasteiger partial charge in [0.15, 0.2) is 5.78 Å². The summed E-state index contributed by atoms with van der Waals surface area (Å²) in [4.78, 5) is 15.9. The highest BCUT2D eigenvalue weighted by Crippen LogP contribution is 2.26. The molecular formula is C17H17NO3. The molecule has 4 heteroatoms. The molecule has 0 aliphatic heterocycles. The van der Waals surface area contributed by atoms with Gasteiger partial charge in [0.05, 0.1) is 0 Å². The highest BCUT2D eigenvalue weighted by molar-refractivity contribution is 6.46. The van der Waals surface area contributed by atoms with Crippen molar-refractivity contribution in [2.24, 2.45) is 4.99 Å². The summed E-state index contributed by atoms with van der Waals surface area (Å²) in [5.41, 5.74) is 0.828. The zero-order chi connectivity index (χ0) is 15.1. The fraction of sp³-hybridized carbons (Fsp3) is 0.176. The highest BCUT2D eigenvalue weighted by atomic mass is 16.5. The van der Waals surface area contributed by atoms with Crippen LogP contribution in [0.25, 0.3) is 0 Å². The van der Waals surface area contributed by atoms with Crippen LogP contribution in [0.4, 0.5) is 0 Å². The molecule has 0 spiro atoms. The van der Waals surface area contributed by atoms with Crippen LogP contribution in [0.2, 0.25) is 0 Å². The molecule has 4 nitrogen and oxygen atoms in total. The molecule has 21 heavy (non-hydrogen) atoms. The van der Waals surface area contributed by atoms with Crippen LogP contribution < -0.4 is 4.74 Å². The molecule has 1 N–H and O–H groups in total. The minimum atomic E-state index is -0.430. The van der Waals surface area contributed by atoms with E-state index < -0.39 is 6.73 Å². The average Bonchev–Trinajstić information content (AvgIpc) is 2.54. The number of aliphatic imine (C=N–C) groups is 1. The zero-order valence-electron chi connectivity index (χ0n) is 11.8. The minimum Gasteiger partial charge on any atom is -0.457 e. The SMILES string of the molecule is CCC(=O)C(=NCO)c1ccccc1Oc1ccccc1. The lowest BCUT2D eigenvalue weighted by molar-refractivity contribution is -0.112. The topological polar surface area (TPSA) is 58.9 Å². The summed E-state index contributed by atoms with van der Waals surface area (Å²) in [5, 5.41) is 9.04. The van der Waals surface area contributed by atoms with Crippen LogP contribution in [0.1, 0.15) is 18.9 Å². The molecule has 0 amide bonds. The number of Topliss-reactive ketones (excluding diaryl/α,β-unsaturated/α-hetero) is 1. The third kappa shape index (κ3) is 3.77. The van der Waals surface area contributed by atoms with Gasteiger partial charge in [0.25, 0.3) is 0 Å². The predicted molar refractivity (Wildman–Crippen MR) is 81.9 cm³/mol. The van der Waals surface area contributed by atoms with E-state index in [0.717, 1.165) is 0 Å². The van der Waals surface area contributed by atoms with E-state index in [2.05, 4.69) is 4.99 Å². The molecule has 0 saturated carbocycles. The molecule has 2 aromatic carbocycles. The van der Waals surface area contributed by atoms with Gasteiger partial charge in [-0.05, 0) is 24.3 Å². The largest absolute Gasteiger partial charge is 0.457 e. The molecule has 0 aromatic heterocycles. The number of benzene rings is 2. The van der Waals surface area contributed by atoms with E-state index >= 15 is 0 Å². The number of ether oxygens (including phenoxy) is 1. The van der Waals surface area contributed by atoms with Crippen LogP contribution in [-0.4, -0.2) is 23.3 Å². The number of aliphatic hydroxyl groups is 1. The molecule has 0 heterocycles. The Bertz CT molecular complexity index is 635. The van der Waals surface area contributed by atoms with E-state index in [1.165, 1.54) is 0 Å². The summed E-state index contributed by atoms with van der Waals surface area (Å²) < 4.78 is 5.82. The summed E-state index contributed by atoms with van der Waals surface area (Å²) >= 11 is 0. The lowest BCUT2D eigenvalue weighted by Crippen LogP contribution is -2.16. The van der Waals surface area contributed by atoms with E-state index in [1.54, 1.807) is 19.1 Å². The van der Waals surface area contributed by atoms with Crippen molar-refractivity contribution in [3.8, 4) is 11.5 Å². The number of aliphatic hydroxyl groups excluding tert-OH is 1. The van der Waals surface area contributed by atoms with Crippen LogP contribution in [-0.2, 0) is 4.79 Å². The van der Waals surface area contributed by atoms with Crippen LogP contribution >= 0.6 is 0 Å². The molecule has 0 atom stereocenters. The van der Waals surface area contributed by atoms with Gasteiger partial charge in [-0.25, -0.2) is 0 Å². The van der Waals surface area contributed by atoms with Crippen molar-refractivity contribution < 1.29 is 14.6 Å². The van der Waals surface area contributed by atoms with E-state index in [0.29, 0.717) is 23.5 Å². The van der Waals surface area contributed by atoms with Gasteiger partial charge in [0, 0.05) is 12.0 Å². The maximum absolute atomic E-state index is 12.0. The Balaban J connectivity index is 2.40. The highest BCUT2D eigenvalue weighted by Gasteiger charge is 2.16. The Hall–Kier alpha value is -2.46. The molecule has 0 aliphatic rings. The second-order valence-electron chi connectivity index (χ2n) is 4.34. The molecule has 0 radical (unpaired) electrons. The lowest BCUT2D eigenvalue weighted by Gasteiger charge is -2.12.